The van der Waals surface area contributed by atoms with Gasteiger partial charge in [-0.25, -0.2) is 9.97 Å². The molecule has 1 aliphatic rings. The fourth-order valence-electron chi connectivity index (χ4n) is 2.02. The van der Waals surface area contributed by atoms with Gasteiger partial charge in [0.25, 0.3) is 0 Å². The molecule has 5 heteroatoms. The van der Waals surface area contributed by atoms with Crippen LogP contribution < -0.4 is 15.1 Å². The molecule has 1 aromatic heterocycles. The Hall–Kier alpha value is -1.36. The van der Waals surface area contributed by atoms with E-state index in [0.717, 1.165) is 37.8 Å². The van der Waals surface area contributed by atoms with Gasteiger partial charge in [0.2, 0.25) is 0 Å². The van der Waals surface area contributed by atoms with Gasteiger partial charge in [-0.3, -0.25) is 0 Å². The van der Waals surface area contributed by atoms with Gasteiger partial charge in [0.15, 0.2) is 0 Å². The summed E-state index contributed by atoms with van der Waals surface area (Å²) in [5.41, 5.74) is 0. The first-order chi connectivity index (χ1) is 8.20. The first-order valence-corrected chi connectivity index (χ1v) is 6.22. The molecule has 94 valence electrons. The summed E-state index contributed by atoms with van der Waals surface area (Å²) < 4.78 is 0. The minimum Gasteiger partial charge on any atom is -0.360 e. The van der Waals surface area contributed by atoms with Crippen LogP contribution in [0.2, 0.25) is 0 Å². The number of aromatic nitrogens is 2. The highest BCUT2D eigenvalue weighted by atomic mass is 15.3. The minimum absolute atomic E-state index is 0.520. The molecule has 0 spiro atoms. The molecule has 1 fully saturated rings. The maximum atomic E-state index is 4.37. The number of hydrogen-bond acceptors (Lipinski definition) is 5. The van der Waals surface area contributed by atoms with Crippen molar-refractivity contribution >= 4 is 11.6 Å². The molecule has 1 N–H and O–H groups in total. The van der Waals surface area contributed by atoms with E-state index < -0.39 is 0 Å². The van der Waals surface area contributed by atoms with Gasteiger partial charge < -0.3 is 15.1 Å². The average molecular weight is 235 g/mol. The van der Waals surface area contributed by atoms with Gasteiger partial charge in [0.1, 0.15) is 18.0 Å². The number of anilines is 2. The maximum Gasteiger partial charge on any atom is 0.134 e. The number of rotatable bonds is 3. The Morgan fingerprint density at radius 2 is 2.35 bits per heavy atom. The summed E-state index contributed by atoms with van der Waals surface area (Å²) >= 11 is 0. The lowest BCUT2D eigenvalue weighted by molar-refractivity contribution is 0.482. The Morgan fingerprint density at radius 3 is 3.06 bits per heavy atom. The summed E-state index contributed by atoms with van der Waals surface area (Å²) in [6.07, 6.45) is 1.66. The fraction of sp³-hybridized carbons (Fsp3) is 0.667. The van der Waals surface area contributed by atoms with Gasteiger partial charge in [-0.1, -0.05) is 0 Å². The molecule has 1 saturated heterocycles. The topological polar surface area (TPSA) is 44.3 Å². The monoisotopic (exact) mass is 235 g/mol. The largest absolute Gasteiger partial charge is 0.360 e. The second kappa shape index (κ2) is 5.31. The highest BCUT2D eigenvalue weighted by molar-refractivity contribution is 5.50. The first-order valence-electron chi connectivity index (χ1n) is 6.22. The Bertz CT molecular complexity index is 368. The molecule has 0 aliphatic carbocycles. The van der Waals surface area contributed by atoms with Crippen molar-refractivity contribution in [2.45, 2.75) is 19.9 Å². The number of piperazine rings is 1. The number of nitrogens with one attached hydrogen (secondary N) is 1. The average Bonchev–Trinajstić information content (AvgIpc) is 2.38. The predicted molar refractivity (Wildman–Crippen MR) is 70.7 cm³/mol. The molecule has 2 rings (SSSR count). The van der Waals surface area contributed by atoms with Crippen molar-refractivity contribution in [3.05, 3.63) is 12.4 Å². The van der Waals surface area contributed by atoms with Crippen LogP contribution in [0.25, 0.3) is 0 Å². The van der Waals surface area contributed by atoms with Gasteiger partial charge >= 0.3 is 0 Å². The van der Waals surface area contributed by atoms with Crippen LogP contribution in [0.4, 0.5) is 11.6 Å². The lowest BCUT2D eigenvalue weighted by Gasteiger charge is -2.33. The van der Waals surface area contributed by atoms with Crippen LogP contribution in [0.5, 0.6) is 0 Å². The summed E-state index contributed by atoms with van der Waals surface area (Å²) in [6, 6.07) is 2.59. The third kappa shape index (κ3) is 2.85. The van der Waals surface area contributed by atoms with Crippen LogP contribution in [0.3, 0.4) is 0 Å². The summed E-state index contributed by atoms with van der Waals surface area (Å²) in [6.45, 7) is 8.31. The van der Waals surface area contributed by atoms with Crippen molar-refractivity contribution in [1.29, 1.82) is 0 Å². The van der Waals surface area contributed by atoms with Crippen LogP contribution in [-0.4, -0.2) is 49.2 Å². The van der Waals surface area contributed by atoms with Crippen molar-refractivity contribution in [2.24, 2.45) is 0 Å². The van der Waals surface area contributed by atoms with E-state index in [9.17, 15) is 0 Å². The molecular weight excluding hydrogens is 214 g/mol. The van der Waals surface area contributed by atoms with E-state index in [2.05, 4.69) is 45.0 Å². The molecule has 2 heterocycles. The van der Waals surface area contributed by atoms with Gasteiger partial charge in [-0.2, -0.15) is 0 Å². The van der Waals surface area contributed by atoms with Crippen molar-refractivity contribution in [1.82, 2.24) is 15.3 Å². The van der Waals surface area contributed by atoms with Crippen LogP contribution in [0.1, 0.15) is 13.8 Å². The van der Waals surface area contributed by atoms with Gasteiger partial charge in [-0.15, -0.1) is 0 Å². The molecule has 0 amide bonds. The molecule has 0 radical (unpaired) electrons. The lowest BCUT2D eigenvalue weighted by atomic mass is 10.2. The highest BCUT2D eigenvalue weighted by Gasteiger charge is 2.17. The van der Waals surface area contributed by atoms with Crippen LogP contribution >= 0.6 is 0 Å². The van der Waals surface area contributed by atoms with E-state index in [-0.39, 0.29) is 0 Å². The Labute approximate surface area is 103 Å². The van der Waals surface area contributed by atoms with Gasteiger partial charge in [0, 0.05) is 45.3 Å². The molecule has 0 bridgehead atoms. The minimum atomic E-state index is 0.520. The third-order valence-electron chi connectivity index (χ3n) is 3.20. The van der Waals surface area contributed by atoms with E-state index in [1.165, 1.54) is 0 Å². The second-order valence-electron chi connectivity index (χ2n) is 4.55. The number of nitrogens with zero attached hydrogens (tertiary/aromatic N) is 4. The van der Waals surface area contributed by atoms with E-state index >= 15 is 0 Å². The summed E-state index contributed by atoms with van der Waals surface area (Å²) in [5.74, 6) is 2.02. The Kier molecular flexibility index (Phi) is 3.78. The summed E-state index contributed by atoms with van der Waals surface area (Å²) in [7, 11) is 2.05. The molecule has 1 aromatic rings. The van der Waals surface area contributed by atoms with E-state index in [1.807, 2.05) is 7.05 Å². The zero-order valence-electron chi connectivity index (χ0n) is 10.8. The SMILES string of the molecule is CCN(C)c1cc(N2CCNC(C)C2)ncn1. The summed E-state index contributed by atoms with van der Waals surface area (Å²) in [4.78, 5) is 13.1. The molecule has 5 nitrogen and oxygen atoms in total. The summed E-state index contributed by atoms with van der Waals surface area (Å²) in [5, 5.41) is 3.43. The number of hydrogen-bond donors (Lipinski definition) is 1. The molecule has 1 unspecified atom stereocenters. The van der Waals surface area contributed by atoms with E-state index in [0.29, 0.717) is 6.04 Å². The van der Waals surface area contributed by atoms with Crippen molar-refractivity contribution in [2.75, 3.05) is 43.0 Å². The van der Waals surface area contributed by atoms with Crippen molar-refractivity contribution < 1.29 is 0 Å². The molecule has 0 aromatic carbocycles. The third-order valence-corrected chi connectivity index (χ3v) is 3.20. The molecule has 0 saturated carbocycles. The quantitative estimate of drug-likeness (QED) is 0.837. The van der Waals surface area contributed by atoms with Crippen LogP contribution in [-0.2, 0) is 0 Å². The van der Waals surface area contributed by atoms with Gasteiger partial charge in [0.05, 0.1) is 0 Å². The smallest absolute Gasteiger partial charge is 0.134 e. The van der Waals surface area contributed by atoms with Crippen molar-refractivity contribution in [3.8, 4) is 0 Å². The van der Waals surface area contributed by atoms with Gasteiger partial charge in [-0.05, 0) is 13.8 Å². The maximum absolute atomic E-state index is 4.37. The molecule has 1 aliphatic heterocycles. The lowest BCUT2D eigenvalue weighted by Crippen LogP contribution is -2.49. The second-order valence-corrected chi connectivity index (χ2v) is 4.55. The van der Waals surface area contributed by atoms with E-state index in [1.54, 1.807) is 6.33 Å². The predicted octanol–water partition coefficient (Wildman–Crippen LogP) is 0.731. The normalized spacial score (nSPS) is 20.4. The molecule has 1 atom stereocenters. The van der Waals surface area contributed by atoms with E-state index in [4.69, 9.17) is 0 Å². The standard InChI is InChI=1S/C12H21N5/c1-4-16(3)11-7-12(15-9-14-11)17-6-5-13-10(2)8-17/h7,9-10,13H,4-6,8H2,1-3H3. The zero-order chi connectivity index (χ0) is 12.3. The van der Waals surface area contributed by atoms with Crippen LogP contribution in [0, 0.1) is 0 Å². The molecule has 17 heavy (non-hydrogen) atoms. The first kappa shape index (κ1) is 12.1. The Balaban J connectivity index is 2.15. The zero-order valence-corrected chi connectivity index (χ0v) is 10.8. The fourth-order valence-corrected chi connectivity index (χ4v) is 2.02. The van der Waals surface area contributed by atoms with Crippen LogP contribution in [0.15, 0.2) is 12.4 Å². The Morgan fingerprint density at radius 1 is 1.53 bits per heavy atom. The molecular formula is C12H21N5. The highest BCUT2D eigenvalue weighted by Crippen LogP contribution is 2.17. The van der Waals surface area contributed by atoms with Crippen molar-refractivity contribution in [3.63, 3.8) is 0 Å².